The first kappa shape index (κ1) is 14.5. The number of hydrogen-bond donors (Lipinski definition) is 0. The molecule has 3 heterocycles. The van der Waals surface area contributed by atoms with E-state index in [1.54, 1.807) is 6.20 Å². The summed E-state index contributed by atoms with van der Waals surface area (Å²) < 4.78 is 21.5. The van der Waals surface area contributed by atoms with Crippen LogP contribution < -0.4 is 0 Å². The van der Waals surface area contributed by atoms with E-state index in [4.69, 9.17) is 4.74 Å². The summed E-state index contributed by atoms with van der Waals surface area (Å²) in [5.41, 5.74) is 3.04. The van der Waals surface area contributed by atoms with E-state index in [1.807, 2.05) is 10.9 Å². The number of carbonyl (C=O) groups is 1. The minimum absolute atomic E-state index is 0.0336. The summed E-state index contributed by atoms with van der Waals surface area (Å²) in [4.78, 5) is 15.3. The molecule has 2 aromatic rings. The molecule has 0 aromatic carbocycles. The van der Waals surface area contributed by atoms with Gasteiger partial charge in [-0.05, 0) is 43.2 Å². The molecule has 0 saturated carbocycles. The highest BCUT2D eigenvalue weighted by molar-refractivity contribution is 5.67. The van der Waals surface area contributed by atoms with E-state index < -0.39 is 0 Å². The van der Waals surface area contributed by atoms with Crippen LogP contribution in [0.5, 0.6) is 0 Å². The van der Waals surface area contributed by atoms with Gasteiger partial charge >= 0.3 is 0 Å². The molecule has 1 aliphatic heterocycles. The highest BCUT2D eigenvalue weighted by Crippen LogP contribution is 2.35. The van der Waals surface area contributed by atoms with Gasteiger partial charge in [-0.3, -0.25) is 4.98 Å². The van der Waals surface area contributed by atoms with Gasteiger partial charge in [0, 0.05) is 24.3 Å². The fourth-order valence-corrected chi connectivity index (χ4v) is 3.50. The second-order valence-electron chi connectivity index (χ2n) is 6.25. The molecule has 0 amide bonds. The molecule has 23 heavy (non-hydrogen) atoms. The maximum Gasteiger partial charge on any atom is 0.150 e. The van der Waals surface area contributed by atoms with Crippen LogP contribution in [0.3, 0.4) is 0 Å². The summed E-state index contributed by atoms with van der Waals surface area (Å²) in [6.45, 7) is 0.755. The zero-order valence-corrected chi connectivity index (χ0v) is 12.7. The van der Waals surface area contributed by atoms with E-state index in [9.17, 15) is 9.18 Å². The van der Waals surface area contributed by atoms with Crippen molar-refractivity contribution in [3.05, 3.63) is 35.5 Å². The fourth-order valence-electron chi connectivity index (χ4n) is 3.50. The molecule has 0 bridgehead atoms. The van der Waals surface area contributed by atoms with E-state index in [0.29, 0.717) is 18.4 Å². The Morgan fingerprint density at radius 2 is 2.13 bits per heavy atom. The molecule has 6 heteroatoms. The van der Waals surface area contributed by atoms with Crippen LogP contribution in [0.25, 0.3) is 11.3 Å². The largest absolute Gasteiger partial charge is 0.357 e. The molecule has 4 rings (SSSR count). The Morgan fingerprint density at radius 3 is 2.91 bits per heavy atom. The first-order valence-electron chi connectivity index (χ1n) is 8.04. The summed E-state index contributed by atoms with van der Waals surface area (Å²) in [5.74, 6) is -0.477. The predicted octanol–water partition coefficient (Wildman–Crippen LogP) is 2.70. The minimum Gasteiger partial charge on any atom is -0.357 e. The van der Waals surface area contributed by atoms with Crippen molar-refractivity contribution in [2.45, 2.75) is 38.3 Å². The Kier molecular flexibility index (Phi) is 3.69. The number of aldehydes is 1. The van der Waals surface area contributed by atoms with Crippen LogP contribution in [0.2, 0.25) is 0 Å². The van der Waals surface area contributed by atoms with Crippen LogP contribution in [0.1, 0.15) is 36.6 Å². The van der Waals surface area contributed by atoms with Crippen LogP contribution >= 0.6 is 0 Å². The summed E-state index contributed by atoms with van der Waals surface area (Å²) in [5, 5.41) is 4.39. The van der Waals surface area contributed by atoms with Crippen molar-refractivity contribution in [3.63, 3.8) is 0 Å². The summed E-state index contributed by atoms with van der Waals surface area (Å²) >= 11 is 0. The number of aromatic nitrogens is 3. The maximum atomic E-state index is 14.0. The highest BCUT2D eigenvalue weighted by Gasteiger charge is 2.28. The number of pyridine rings is 1. The van der Waals surface area contributed by atoms with Gasteiger partial charge in [-0.15, -0.1) is 0 Å². The second kappa shape index (κ2) is 5.85. The smallest absolute Gasteiger partial charge is 0.150 e. The number of carbonyl (C=O) groups excluding carboxylic acids is 1. The third kappa shape index (κ3) is 2.57. The lowest BCUT2D eigenvalue weighted by Crippen LogP contribution is -2.18. The Labute approximate surface area is 133 Å². The van der Waals surface area contributed by atoms with Gasteiger partial charge in [0.15, 0.2) is 0 Å². The summed E-state index contributed by atoms with van der Waals surface area (Å²) in [7, 11) is 0. The lowest BCUT2D eigenvalue weighted by Gasteiger charge is -2.22. The van der Waals surface area contributed by atoms with Crippen molar-refractivity contribution in [3.8, 4) is 11.3 Å². The standard InChI is InChI=1S/C17H18FN3O2/c18-15-8-19-17(14-6-11(10-22)5-13(14)15)12-7-20-21(9-12)16-3-1-2-4-23-16/h7-11,16H,1-6H2. The normalized spacial score (nSPS) is 23.7. The van der Waals surface area contributed by atoms with Crippen LogP contribution in [-0.4, -0.2) is 27.7 Å². The van der Waals surface area contributed by atoms with Gasteiger partial charge in [0.1, 0.15) is 18.3 Å². The Bertz CT molecular complexity index is 737. The van der Waals surface area contributed by atoms with Gasteiger partial charge in [0.25, 0.3) is 0 Å². The molecule has 120 valence electrons. The third-order valence-corrected chi connectivity index (χ3v) is 4.70. The Morgan fingerprint density at radius 1 is 1.26 bits per heavy atom. The lowest BCUT2D eigenvalue weighted by molar-refractivity contribution is -0.110. The Hall–Kier alpha value is -2.08. The SMILES string of the molecule is O=CC1Cc2c(F)cnc(-c3cnn(C4CCCCO4)c3)c2C1. The van der Waals surface area contributed by atoms with Gasteiger partial charge in [-0.1, -0.05) is 0 Å². The number of hydrogen-bond acceptors (Lipinski definition) is 4. The van der Waals surface area contributed by atoms with Gasteiger partial charge in [-0.25, -0.2) is 9.07 Å². The first-order chi connectivity index (χ1) is 11.3. The molecule has 5 nitrogen and oxygen atoms in total. The third-order valence-electron chi connectivity index (χ3n) is 4.70. The first-order valence-corrected chi connectivity index (χ1v) is 8.04. The maximum absolute atomic E-state index is 14.0. The number of halogens is 1. The van der Waals surface area contributed by atoms with Crippen molar-refractivity contribution >= 4 is 6.29 Å². The minimum atomic E-state index is -0.323. The van der Waals surface area contributed by atoms with Crippen molar-refractivity contribution in [1.82, 2.24) is 14.8 Å². The molecule has 2 aliphatic rings. The molecule has 1 saturated heterocycles. The monoisotopic (exact) mass is 315 g/mol. The molecule has 2 unspecified atom stereocenters. The molecule has 1 aliphatic carbocycles. The lowest BCUT2D eigenvalue weighted by atomic mass is 10.0. The molecular formula is C17H18FN3O2. The van der Waals surface area contributed by atoms with Gasteiger partial charge in [0.2, 0.25) is 0 Å². The molecule has 2 atom stereocenters. The van der Waals surface area contributed by atoms with E-state index in [-0.39, 0.29) is 18.0 Å². The Balaban J connectivity index is 1.68. The topological polar surface area (TPSA) is 57.0 Å². The molecule has 0 N–H and O–H groups in total. The van der Waals surface area contributed by atoms with Gasteiger partial charge in [0.05, 0.1) is 18.1 Å². The molecule has 0 radical (unpaired) electrons. The summed E-state index contributed by atoms with van der Waals surface area (Å²) in [6.07, 6.45) is 9.94. The average molecular weight is 315 g/mol. The predicted molar refractivity (Wildman–Crippen MR) is 81.2 cm³/mol. The zero-order valence-electron chi connectivity index (χ0n) is 12.7. The van der Waals surface area contributed by atoms with Crippen LogP contribution in [0, 0.1) is 11.7 Å². The van der Waals surface area contributed by atoms with Crippen molar-refractivity contribution in [2.24, 2.45) is 5.92 Å². The quantitative estimate of drug-likeness (QED) is 0.817. The van der Waals surface area contributed by atoms with Crippen molar-refractivity contribution in [1.29, 1.82) is 0 Å². The number of fused-ring (bicyclic) bond motifs is 1. The fraction of sp³-hybridized carbons (Fsp3) is 0.471. The molecule has 1 fully saturated rings. The number of ether oxygens (including phenoxy) is 1. The van der Waals surface area contributed by atoms with Gasteiger partial charge < -0.3 is 9.53 Å². The van der Waals surface area contributed by atoms with Crippen molar-refractivity contribution < 1.29 is 13.9 Å². The molecule has 0 spiro atoms. The summed E-state index contributed by atoms with van der Waals surface area (Å²) in [6, 6.07) is 0. The molecule has 2 aromatic heterocycles. The highest BCUT2D eigenvalue weighted by atomic mass is 19.1. The van der Waals surface area contributed by atoms with Crippen LogP contribution in [-0.2, 0) is 22.4 Å². The van der Waals surface area contributed by atoms with Crippen LogP contribution in [0.4, 0.5) is 4.39 Å². The number of rotatable bonds is 3. The van der Waals surface area contributed by atoms with E-state index in [1.165, 1.54) is 6.20 Å². The average Bonchev–Trinajstić information content (AvgIpc) is 3.23. The van der Waals surface area contributed by atoms with E-state index in [2.05, 4.69) is 10.1 Å². The van der Waals surface area contributed by atoms with Crippen LogP contribution in [0.15, 0.2) is 18.6 Å². The van der Waals surface area contributed by atoms with E-state index >= 15 is 0 Å². The van der Waals surface area contributed by atoms with E-state index in [0.717, 1.165) is 49.0 Å². The zero-order chi connectivity index (χ0) is 15.8. The second-order valence-corrected chi connectivity index (χ2v) is 6.25. The van der Waals surface area contributed by atoms with Gasteiger partial charge in [-0.2, -0.15) is 5.10 Å². The number of nitrogens with zero attached hydrogens (tertiary/aromatic N) is 3. The van der Waals surface area contributed by atoms with Crippen molar-refractivity contribution in [2.75, 3.05) is 6.61 Å². The molecular weight excluding hydrogens is 297 g/mol.